The van der Waals surface area contributed by atoms with Crippen molar-refractivity contribution in [2.24, 2.45) is 0 Å². The molecule has 0 heterocycles. The van der Waals surface area contributed by atoms with Gasteiger partial charge in [0.15, 0.2) is 0 Å². The number of carbonyl (C=O) groups excluding carboxylic acids is 1. The van der Waals surface area contributed by atoms with Crippen LogP contribution in [0.25, 0.3) is 0 Å². The zero-order valence-corrected chi connectivity index (χ0v) is 21.2. The van der Waals surface area contributed by atoms with Crippen LogP contribution in [0.4, 0.5) is 0 Å². The quantitative estimate of drug-likeness (QED) is 0.194. The second-order valence-electron chi connectivity index (χ2n) is 7.68. The van der Waals surface area contributed by atoms with Gasteiger partial charge in [0.2, 0.25) is 0 Å². The van der Waals surface area contributed by atoms with Crippen LogP contribution in [0.2, 0.25) is 0 Å². The number of nitrogens with one attached hydrogen (secondary N) is 2. The number of unbranched alkanes of at least 4 members (excludes halogenated alkanes) is 10. The number of nitrogens with zero attached hydrogens (tertiary/aromatic N) is 1. The molecule has 0 aromatic heterocycles. The molecule has 0 amide bonds. The minimum absolute atomic E-state index is 0. The Bertz CT molecular complexity index is 298. The van der Waals surface area contributed by atoms with Gasteiger partial charge in [-0.1, -0.05) is 78.1 Å². The fourth-order valence-corrected chi connectivity index (χ4v) is 3.24. The number of carboxylic acid groups (broad SMARTS) is 1. The van der Waals surface area contributed by atoms with E-state index in [1.54, 1.807) is 0 Å². The van der Waals surface area contributed by atoms with Crippen molar-refractivity contribution in [3.63, 3.8) is 0 Å². The van der Waals surface area contributed by atoms with E-state index < -0.39 is 5.97 Å². The summed E-state index contributed by atoms with van der Waals surface area (Å²) in [5.74, 6) is -0.984. The Morgan fingerprint density at radius 1 is 0.679 bits per heavy atom. The van der Waals surface area contributed by atoms with E-state index >= 15 is 0 Å². The molecule has 0 bridgehead atoms. The zero-order chi connectivity index (χ0) is 20.0. The summed E-state index contributed by atoms with van der Waals surface area (Å²) in [6.07, 6.45) is 15.6. The molecule has 0 aliphatic carbocycles. The van der Waals surface area contributed by atoms with Crippen LogP contribution in [-0.4, -0.2) is 56.7 Å². The van der Waals surface area contributed by atoms with Crippen LogP contribution >= 0.6 is 0 Å². The number of hydrogen-bond acceptors (Lipinski definition) is 5. The standard InChI is InChI=1S/C22H47N3O2.Na/c1-3-5-7-9-11-13-15-23-17-19-25(21-22(26)27)20-18-24-16-14-12-10-8-6-4-2;/h23-24H,3-21H2,1-2H3,(H,26,27);/q;+1/p-1. The van der Waals surface area contributed by atoms with E-state index in [0.29, 0.717) is 0 Å². The van der Waals surface area contributed by atoms with Crippen molar-refractivity contribution in [3.05, 3.63) is 0 Å². The molecule has 0 radical (unpaired) electrons. The van der Waals surface area contributed by atoms with E-state index in [1.807, 2.05) is 4.90 Å². The van der Waals surface area contributed by atoms with Crippen molar-refractivity contribution in [3.8, 4) is 0 Å². The normalized spacial score (nSPS) is 11.0. The van der Waals surface area contributed by atoms with Gasteiger partial charge in [-0.2, -0.15) is 0 Å². The maximum absolute atomic E-state index is 10.9. The number of rotatable bonds is 22. The van der Waals surface area contributed by atoms with E-state index in [4.69, 9.17) is 0 Å². The Hall–Kier alpha value is 0.350. The maximum atomic E-state index is 10.9. The first-order valence-corrected chi connectivity index (χ1v) is 11.5. The van der Waals surface area contributed by atoms with Crippen LogP contribution in [0, 0.1) is 0 Å². The average molecular weight is 408 g/mol. The summed E-state index contributed by atoms with van der Waals surface area (Å²) in [5.41, 5.74) is 0. The van der Waals surface area contributed by atoms with Gasteiger partial charge in [0.1, 0.15) is 0 Å². The minimum atomic E-state index is -0.984. The van der Waals surface area contributed by atoms with Crippen molar-refractivity contribution in [1.29, 1.82) is 0 Å². The first-order valence-electron chi connectivity index (χ1n) is 11.5. The van der Waals surface area contributed by atoms with Gasteiger partial charge in [-0.25, -0.2) is 0 Å². The molecule has 0 saturated heterocycles. The third kappa shape index (κ3) is 24.4. The van der Waals surface area contributed by atoms with Crippen molar-refractivity contribution < 1.29 is 39.5 Å². The second kappa shape index (κ2) is 25.4. The molecular weight excluding hydrogens is 361 g/mol. The summed E-state index contributed by atoms with van der Waals surface area (Å²) in [5, 5.41) is 17.8. The first kappa shape index (κ1) is 30.5. The SMILES string of the molecule is CCCCCCCCNCCN(CCNCCCCCCCC)CC(=O)[O-].[Na+]. The van der Waals surface area contributed by atoms with Gasteiger partial charge in [-0.15, -0.1) is 0 Å². The fraction of sp³-hybridized carbons (Fsp3) is 0.955. The largest absolute Gasteiger partial charge is 1.00 e. The molecule has 0 saturated carbocycles. The molecule has 162 valence electrons. The molecule has 0 aromatic carbocycles. The zero-order valence-electron chi connectivity index (χ0n) is 19.2. The van der Waals surface area contributed by atoms with E-state index in [0.717, 1.165) is 39.3 Å². The predicted octanol–water partition coefficient (Wildman–Crippen LogP) is -0.0575. The van der Waals surface area contributed by atoms with E-state index in [-0.39, 0.29) is 36.1 Å². The smallest absolute Gasteiger partial charge is 0.549 e. The van der Waals surface area contributed by atoms with Gasteiger partial charge in [0.25, 0.3) is 0 Å². The van der Waals surface area contributed by atoms with Gasteiger partial charge >= 0.3 is 29.6 Å². The fourth-order valence-electron chi connectivity index (χ4n) is 3.24. The third-order valence-electron chi connectivity index (χ3n) is 4.98. The van der Waals surface area contributed by atoms with Gasteiger partial charge in [0.05, 0.1) is 5.97 Å². The van der Waals surface area contributed by atoms with E-state index in [2.05, 4.69) is 24.5 Å². The molecule has 6 heteroatoms. The molecule has 5 nitrogen and oxygen atoms in total. The summed E-state index contributed by atoms with van der Waals surface area (Å²) in [7, 11) is 0. The van der Waals surface area contributed by atoms with Crippen molar-refractivity contribution in [2.45, 2.75) is 90.9 Å². The summed E-state index contributed by atoms with van der Waals surface area (Å²) >= 11 is 0. The Morgan fingerprint density at radius 3 is 1.46 bits per heavy atom. The summed E-state index contributed by atoms with van der Waals surface area (Å²) in [4.78, 5) is 12.9. The third-order valence-corrected chi connectivity index (χ3v) is 4.98. The first-order chi connectivity index (χ1) is 13.2. The van der Waals surface area contributed by atoms with Crippen LogP contribution in [0.15, 0.2) is 0 Å². The van der Waals surface area contributed by atoms with Gasteiger partial charge in [-0.05, 0) is 25.9 Å². The average Bonchev–Trinajstić information content (AvgIpc) is 2.64. The van der Waals surface area contributed by atoms with Crippen molar-refractivity contribution >= 4 is 5.97 Å². The van der Waals surface area contributed by atoms with Crippen LogP contribution in [0.5, 0.6) is 0 Å². The Labute approximate surface area is 197 Å². The number of carbonyl (C=O) groups is 1. The number of aliphatic carboxylic acids is 1. The topological polar surface area (TPSA) is 67.4 Å². The van der Waals surface area contributed by atoms with Crippen LogP contribution in [-0.2, 0) is 4.79 Å². The molecular formula is C22H46N3NaO2. The second-order valence-corrected chi connectivity index (χ2v) is 7.68. The molecule has 0 fully saturated rings. The summed E-state index contributed by atoms with van der Waals surface area (Å²) < 4.78 is 0. The Balaban J connectivity index is 0. The molecule has 0 aliphatic heterocycles. The Morgan fingerprint density at radius 2 is 1.07 bits per heavy atom. The summed E-state index contributed by atoms with van der Waals surface area (Å²) in [6, 6.07) is 0. The molecule has 0 aliphatic rings. The van der Waals surface area contributed by atoms with Crippen LogP contribution in [0.3, 0.4) is 0 Å². The van der Waals surface area contributed by atoms with Crippen LogP contribution in [0.1, 0.15) is 90.9 Å². The van der Waals surface area contributed by atoms with E-state index in [1.165, 1.54) is 77.0 Å². The van der Waals surface area contributed by atoms with E-state index in [9.17, 15) is 9.90 Å². The predicted molar refractivity (Wildman–Crippen MR) is 114 cm³/mol. The van der Waals surface area contributed by atoms with Gasteiger partial charge in [0, 0.05) is 32.7 Å². The minimum Gasteiger partial charge on any atom is -0.549 e. The van der Waals surface area contributed by atoms with Crippen molar-refractivity contribution in [2.75, 3.05) is 45.8 Å². The summed E-state index contributed by atoms with van der Waals surface area (Å²) in [6.45, 7) is 9.79. The molecule has 0 unspecified atom stereocenters. The monoisotopic (exact) mass is 407 g/mol. The van der Waals surface area contributed by atoms with Gasteiger partial charge in [-0.3, -0.25) is 4.90 Å². The maximum Gasteiger partial charge on any atom is 1.00 e. The number of carboxylic acids is 1. The molecule has 0 atom stereocenters. The molecule has 0 rings (SSSR count). The Kier molecular flexibility index (Phi) is 27.7. The molecule has 2 N–H and O–H groups in total. The van der Waals surface area contributed by atoms with Crippen molar-refractivity contribution in [1.82, 2.24) is 15.5 Å². The number of hydrogen-bond donors (Lipinski definition) is 2. The van der Waals surface area contributed by atoms with Crippen LogP contribution < -0.4 is 45.3 Å². The molecule has 0 aromatic rings. The molecule has 28 heavy (non-hydrogen) atoms. The molecule has 0 spiro atoms. The van der Waals surface area contributed by atoms with Gasteiger partial charge < -0.3 is 20.5 Å².